The highest BCUT2D eigenvalue weighted by molar-refractivity contribution is 4.05. The van der Waals surface area contributed by atoms with Crippen molar-refractivity contribution in [2.45, 2.75) is 0 Å². The van der Waals surface area contributed by atoms with Gasteiger partial charge < -0.3 is 4.84 Å². The van der Waals surface area contributed by atoms with Gasteiger partial charge in [0.15, 0.2) is 10.7 Å². The molecule has 0 fully saturated rings. The maximum atomic E-state index is 9.09. The van der Waals surface area contributed by atoms with Crippen molar-refractivity contribution >= 4 is 0 Å². The third-order valence-corrected chi connectivity index (χ3v) is 0.278. The lowest BCUT2D eigenvalue weighted by atomic mass is 11.4. The van der Waals surface area contributed by atoms with E-state index in [0.717, 1.165) is 0 Å². The Hall–Kier alpha value is -1.24. The van der Waals surface area contributed by atoms with Crippen LogP contribution in [0.15, 0.2) is 10.7 Å². The fourth-order valence-electron chi connectivity index (χ4n) is 0.105. The maximum Gasteiger partial charge on any atom is 0.205 e. The van der Waals surface area contributed by atoms with Crippen LogP contribution in [-0.2, 0) is 9.78 Å². The van der Waals surface area contributed by atoms with Crippen LogP contribution in [0.5, 0.6) is 0 Å². The monoisotopic (exact) mass is 121 g/mol. The minimum atomic E-state index is -0.296. The van der Waals surface area contributed by atoms with E-state index >= 15 is 0 Å². The molecule has 0 aliphatic carbocycles. The Kier molecular flexibility index (Phi) is 4.87. The summed E-state index contributed by atoms with van der Waals surface area (Å²) in [6.07, 6.45) is 0. The van der Waals surface area contributed by atoms with E-state index in [1.807, 2.05) is 16.2 Å². The number of nitrogens with zero attached hydrogens (tertiary/aromatic N) is 2. The molecule has 0 radical (unpaired) electrons. The minimum absolute atomic E-state index is 0.296. The van der Waals surface area contributed by atoms with E-state index < -0.39 is 0 Å². The summed E-state index contributed by atoms with van der Waals surface area (Å²) in [5.74, 6) is 0. The van der Waals surface area contributed by atoms with Crippen molar-refractivity contribution in [1.82, 2.24) is 5.48 Å². The lowest BCUT2D eigenvalue weighted by molar-refractivity contribution is -0.0333. The standard InChI is InChI=1S/CH3N3O4/c5-3-7-1-2-8-4-6/h2H,1H2. The van der Waals surface area contributed by atoms with Crippen molar-refractivity contribution in [3.63, 3.8) is 0 Å². The van der Waals surface area contributed by atoms with Gasteiger partial charge in [-0.05, 0) is 0 Å². The zero-order chi connectivity index (χ0) is 6.24. The zero-order valence-electron chi connectivity index (χ0n) is 3.73. The van der Waals surface area contributed by atoms with E-state index in [1.54, 1.807) is 0 Å². The van der Waals surface area contributed by atoms with Gasteiger partial charge in [0, 0.05) is 0 Å². The first-order valence-corrected chi connectivity index (χ1v) is 1.58. The lowest BCUT2D eigenvalue weighted by Gasteiger charge is -1.90. The Balaban J connectivity index is 2.71. The topological polar surface area (TPSA) is 89.3 Å². The second-order valence-corrected chi connectivity index (χ2v) is 0.658. The Labute approximate surface area is 43.8 Å². The number of rotatable bonds is 5. The van der Waals surface area contributed by atoms with Gasteiger partial charge in [-0.2, -0.15) is 0 Å². The molecule has 0 saturated carbocycles. The van der Waals surface area contributed by atoms with Crippen molar-refractivity contribution in [3.05, 3.63) is 9.81 Å². The first kappa shape index (κ1) is 6.76. The molecule has 0 aromatic rings. The van der Waals surface area contributed by atoms with Gasteiger partial charge >= 0.3 is 0 Å². The molecule has 0 aromatic carbocycles. The summed E-state index contributed by atoms with van der Waals surface area (Å²) in [6.45, 7) is -0.296. The molecule has 8 heavy (non-hydrogen) atoms. The summed E-state index contributed by atoms with van der Waals surface area (Å²) in [7, 11) is 0. The Morgan fingerprint density at radius 2 is 2.12 bits per heavy atom. The predicted molar refractivity (Wildman–Crippen MR) is 21.8 cm³/mol. The maximum absolute atomic E-state index is 9.09. The van der Waals surface area contributed by atoms with Crippen molar-refractivity contribution in [1.29, 1.82) is 0 Å². The molecule has 0 spiro atoms. The van der Waals surface area contributed by atoms with Crippen LogP contribution in [0.1, 0.15) is 0 Å². The van der Waals surface area contributed by atoms with Gasteiger partial charge in [-0.25, -0.2) is 0 Å². The van der Waals surface area contributed by atoms with Gasteiger partial charge in [-0.1, -0.05) is 5.48 Å². The van der Waals surface area contributed by atoms with Crippen LogP contribution >= 0.6 is 0 Å². The normalized spacial score (nSPS) is 7.50. The first-order valence-electron chi connectivity index (χ1n) is 1.58. The van der Waals surface area contributed by atoms with E-state index in [9.17, 15) is 0 Å². The smallest absolute Gasteiger partial charge is 0.205 e. The summed E-state index contributed by atoms with van der Waals surface area (Å²) in [5, 5.41) is 3.89. The number of hydrogen-bond acceptors (Lipinski definition) is 7. The molecule has 0 unspecified atom stereocenters. The third-order valence-electron chi connectivity index (χ3n) is 0.278. The average molecular weight is 121 g/mol. The van der Waals surface area contributed by atoms with E-state index in [-0.39, 0.29) is 6.73 Å². The van der Waals surface area contributed by atoms with Gasteiger partial charge in [0.1, 0.15) is 0 Å². The van der Waals surface area contributed by atoms with Crippen molar-refractivity contribution in [2.24, 2.45) is 10.7 Å². The second kappa shape index (κ2) is 5.76. The van der Waals surface area contributed by atoms with Crippen LogP contribution in [0.2, 0.25) is 0 Å². The molecule has 0 amide bonds. The molecule has 46 valence electrons. The fraction of sp³-hybridized carbons (Fsp3) is 1.00. The number of nitrogens with one attached hydrogen (secondary N) is 1. The minimum Gasteiger partial charge on any atom is -0.345 e. The molecule has 0 aromatic heterocycles. The van der Waals surface area contributed by atoms with Crippen LogP contribution in [0.4, 0.5) is 0 Å². The summed E-state index contributed by atoms with van der Waals surface area (Å²) >= 11 is 0. The van der Waals surface area contributed by atoms with E-state index in [4.69, 9.17) is 9.81 Å². The van der Waals surface area contributed by atoms with Crippen molar-refractivity contribution in [3.8, 4) is 0 Å². The van der Waals surface area contributed by atoms with Crippen molar-refractivity contribution in [2.75, 3.05) is 6.73 Å². The van der Waals surface area contributed by atoms with Gasteiger partial charge in [0.25, 0.3) is 0 Å². The summed E-state index contributed by atoms with van der Waals surface area (Å²) in [6, 6.07) is 0. The second-order valence-electron chi connectivity index (χ2n) is 0.658. The molecule has 0 bridgehead atoms. The van der Waals surface area contributed by atoms with Crippen LogP contribution in [0, 0.1) is 9.81 Å². The summed E-state index contributed by atoms with van der Waals surface area (Å²) in [5.41, 5.74) is 1.84. The van der Waals surface area contributed by atoms with E-state index in [2.05, 4.69) is 9.78 Å². The molecule has 7 nitrogen and oxygen atoms in total. The Bertz CT molecular complexity index is 63.7. The Morgan fingerprint density at radius 1 is 1.38 bits per heavy atom. The van der Waals surface area contributed by atoms with Gasteiger partial charge in [-0.15, -0.1) is 9.81 Å². The summed E-state index contributed by atoms with van der Waals surface area (Å²) in [4.78, 5) is 25.6. The Morgan fingerprint density at radius 3 is 2.62 bits per heavy atom. The van der Waals surface area contributed by atoms with Crippen molar-refractivity contribution < 1.29 is 9.78 Å². The molecule has 1 N–H and O–H groups in total. The molecule has 0 aliphatic rings. The molecular weight excluding hydrogens is 118 g/mol. The summed E-state index contributed by atoms with van der Waals surface area (Å²) < 4.78 is 0. The van der Waals surface area contributed by atoms with Gasteiger partial charge in [0.05, 0.1) is 0 Å². The molecule has 0 atom stereocenters. The molecule has 7 heteroatoms. The zero-order valence-corrected chi connectivity index (χ0v) is 3.73. The third kappa shape index (κ3) is 4.76. The van der Waals surface area contributed by atoms with Crippen LogP contribution in [0.25, 0.3) is 0 Å². The van der Waals surface area contributed by atoms with Crippen LogP contribution in [0.3, 0.4) is 0 Å². The predicted octanol–water partition coefficient (Wildman–Crippen LogP) is -0.156. The molecule has 0 aliphatic heterocycles. The number of hydroxylamine groups is 1. The highest BCUT2D eigenvalue weighted by Gasteiger charge is 1.80. The highest BCUT2D eigenvalue weighted by atomic mass is 16.9. The molecule has 0 rings (SSSR count). The van der Waals surface area contributed by atoms with E-state index in [0.29, 0.717) is 0 Å². The van der Waals surface area contributed by atoms with Crippen LogP contribution < -0.4 is 5.48 Å². The quantitative estimate of drug-likeness (QED) is 0.236. The average Bonchev–Trinajstić information content (AvgIpc) is 1.81. The molecular formula is CH3N3O4. The van der Waals surface area contributed by atoms with E-state index in [1.165, 1.54) is 0 Å². The van der Waals surface area contributed by atoms with Gasteiger partial charge in [0.2, 0.25) is 6.73 Å². The molecule has 0 heterocycles. The van der Waals surface area contributed by atoms with Gasteiger partial charge in [-0.3, -0.25) is 4.94 Å². The highest BCUT2D eigenvalue weighted by Crippen LogP contribution is 1.68. The lowest BCUT2D eigenvalue weighted by Crippen LogP contribution is -2.12. The fourth-order valence-corrected chi connectivity index (χ4v) is 0.105. The largest absolute Gasteiger partial charge is 0.345 e. The SMILES string of the molecule is O=NOCNON=O. The molecule has 0 saturated heterocycles. The first-order chi connectivity index (χ1) is 3.91. The number of hydrogen-bond donors (Lipinski definition) is 1. The van der Waals surface area contributed by atoms with Crippen LogP contribution in [-0.4, -0.2) is 6.73 Å².